The van der Waals surface area contributed by atoms with Gasteiger partial charge in [0.05, 0.1) is 6.54 Å². The van der Waals surface area contributed by atoms with Crippen LogP contribution in [0.1, 0.15) is 34.8 Å². The first kappa shape index (κ1) is 15.9. The van der Waals surface area contributed by atoms with Gasteiger partial charge in [-0.15, -0.1) is 0 Å². The maximum absolute atomic E-state index is 12.4. The average Bonchev–Trinajstić information content (AvgIpc) is 2.67. The van der Waals surface area contributed by atoms with Gasteiger partial charge in [0, 0.05) is 12.1 Å². The van der Waals surface area contributed by atoms with Crippen molar-refractivity contribution in [2.24, 2.45) is 0 Å². The van der Waals surface area contributed by atoms with Gasteiger partial charge >= 0.3 is 17.8 Å². The van der Waals surface area contributed by atoms with Crippen molar-refractivity contribution in [3.05, 3.63) is 34.9 Å². The monoisotopic (exact) mass is 302 g/mol. The van der Waals surface area contributed by atoms with E-state index in [2.05, 4.69) is 0 Å². The van der Waals surface area contributed by atoms with E-state index in [9.17, 15) is 19.2 Å². The van der Waals surface area contributed by atoms with Gasteiger partial charge in [-0.25, -0.2) is 9.69 Å². The van der Waals surface area contributed by atoms with Gasteiger partial charge in [-0.05, 0) is 31.9 Å². The fraction of sp³-hybridized carbons (Fsp3) is 0.375. The highest BCUT2D eigenvalue weighted by Gasteiger charge is 2.44. The van der Waals surface area contributed by atoms with E-state index < -0.39 is 24.4 Å². The molecule has 1 aromatic carbocycles. The lowest BCUT2D eigenvalue weighted by Crippen LogP contribution is -2.37. The Balaban J connectivity index is 2.21. The smallest absolute Gasteiger partial charge is 0.292 e. The molecule has 116 valence electrons. The molecule has 0 unspecified atom stereocenters. The van der Waals surface area contributed by atoms with Gasteiger partial charge in [0.15, 0.2) is 5.78 Å². The summed E-state index contributed by atoms with van der Waals surface area (Å²) in [5, 5.41) is 0. The molecule has 1 aliphatic rings. The largest absolute Gasteiger partial charge is 0.334 e. The van der Waals surface area contributed by atoms with Crippen LogP contribution in [0.5, 0.6) is 0 Å². The molecule has 0 aliphatic carbocycles. The van der Waals surface area contributed by atoms with Crippen LogP contribution in [0, 0.1) is 13.8 Å². The Bertz CT molecular complexity index is 666. The summed E-state index contributed by atoms with van der Waals surface area (Å²) in [4.78, 5) is 49.7. The normalized spacial score (nSPS) is 15.0. The van der Waals surface area contributed by atoms with Crippen LogP contribution in [-0.2, 0) is 9.59 Å². The fourth-order valence-corrected chi connectivity index (χ4v) is 2.38. The highest BCUT2D eigenvalue weighted by atomic mass is 16.2. The second-order valence-electron chi connectivity index (χ2n) is 5.37. The Morgan fingerprint density at radius 3 is 2.32 bits per heavy atom. The number of carbonyl (C=O) groups is 4. The van der Waals surface area contributed by atoms with Crippen molar-refractivity contribution in [1.29, 1.82) is 0 Å². The number of hydrogen-bond acceptors (Lipinski definition) is 4. The Morgan fingerprint density at radius 1 is 1.05 bits per heavy atom. The molecule has 0 atom stereocenters. The van der Waals surface area contributed by atoms with Crippen molar-refractivity contribution in [3.8, 4) is 0 Å². The van der Waals surface area contributed by atoms with E-state index in [4.69, 9.17) is 0 Å². The molecule has 2 rings (SSSR count). The van der Waals surface area contributed by atoms with Gasteiger partial charge in [0.1, 0.15) is 0 Å². The van der Waals surface area contributed by atoms with Crippen LogP contribution >= 0.6 is 0 Å². The summed E-state index contributed by atoms with van der Waals surface area (Å²) < 4.78 is 0. The summed E-state index contributed by atoms with van der Waals surface area (Å²) in [6, 6.07) is 4.69. The molecule has 1 fully saturated rings. The van der Waals surface area contributed by atoms with E-state index in [1.807, 2.05) is 19.1 Å². The third-order valence-corrected chi connectivity index (χ3v) is 3.58. The molecule has 6 nitrogen and oxygen atoms in total. The minimum Gasteiger partial charge on any atom is -0.292 e. The molecule has 0 bridgehead atoms. The number of ketones is 1. The van der Waals surface area contributed by atoms with Gasteiger partial charge < -0.3 is 0 Å². The van der Waals surface area contributed by atoms with Gasteiger partial charge in [-0.1, -0.05) is 24.6 Å². The molecule has 1 heterocycles. The van der Waals surface area contributed by atoms with E-state index in [1.54, 1.807) is 19.9 Å². The quantitative estimate of drug-likeness (QED) is 0.471. The molecular formula is C16H18N2O4. The van der Waals surface area contributed by atoms with Crippen molar-refractivity contribution in [2.75, 3.05) is 13.1 Å². The predicted molar refractivity (Wildman–Crippen MR) is 79.4 cm³/mol. The van der Waals surface area contributed by atoms with Crippen LogP contribution in [0.2, 0.25) is 0 Å². The third kappa shape index (κ3) is 2.77. The molecule has 0 N–H and O–H groups in total. The van der Waals surface area contributed by atoms with Crippen LogP contribution in [0.4, 0.5) is 4.79 Å². The second-order valence-corrected chi connectivity index (χ2v) is 5.37. The van der Waals surface area contributed by atoms with Crippen molar-refractivity contribution in [2.45, 2.75) is 27.2 Å². The number of benzene rings is 1. The summed E-state index contributed by atoms with van der Waals surface area (Å²) in [5.41, 5.74) is 2.14. The van der Waals surface area contributed by atoms with Crippen LogP contribution in [0.15, 0.2) is 18.2 Å². The van der Waals surface area contributed by atoms with Crippen molar-refractivity contribution in [3.63, 3.8) is 0 Å². The van der Waals surface area contributed by atoms with Gasteiger partial charge in [-0.3, -0.25) is 19.3 Å². The van der Waals surface area contributed by atoms with Crippen molar-refractivity contribution < 1.29 is 19.2 Å². The number of Topliss-reactive ketones (excluding diaryl/α,β-unsaturated/α-hetero) is 1. The number of amides is 4. The van der Waals surface area contributed by atoms with Crippen LogP contribution in [-0.4, -0.2) is 46.5 Å². The maximum atomic E-state index is 12.4. The highest BCUT2D eigenvalue weighted by Crippen LogP contribution is 2.16. The molecule has 1 aliphatic heterocycles. The van der Waals surface area contributed by atoms with E-state index in [1.165, 1.54) is 0 Å². The minimum absolute atomic E-state index is 0.178. The number of aryl methyl sites for hydroxylation is 2. The number of carbonyl (C=O) groups excluding carboxylic acids is 4. The molecule has 1 saturated heterocycles. The molecule has 22 heavy (non-hydrogen) atoms. The molecule has 0 radical (unpaired) electrons. The Morgan fingerprint density at radius 2 is 1.68 bits per heavy atom. The predicted octanol–water partition coefficient (Wildman–Crippen LogP) is 1.69. The number of hydrogen-bond donors (Lipinski definition) is 0. The zero-order chi connectivity index (χ0) is 16.4. The van der Waals surface area contributed by atoms with E-state index in [0.717, 1.165) is 20.9 Å². The molecule has 0 aromatic heterocycles. The van der Waals surface area contributed by atoms with Crippen LogP contribution in [0.3, 0.4) is 0 Å². The summed E-state index contributed by atoms with van der Waals surface area (Å²) in [6.07, 6.45) is 0.559. The first-order valence-electron chi connectivity index (χ1n) is 7.14. The highest BCUT2D eigenvalue weighted by molar-refractivity contribution is 6.45. The zero-order valence-corrected chi connectivity index (χ0v) is 12.9. The third-order valence-electron chi connectivity index (χ3n) is 3.58. The number of imide groups is 2. The average molecular weight is 302 g/mol. The topological polar surface area (TPSA) is 74.8 Å². The summed E-state index contributed by atoms with van der Waals surface area (Å²) in [7, 11) is 0. The van der Waals surface area contributed by atoms with Crippen molar-refractivity contribution >= 4 is 23.6 Å². The van der Waals surface area contributed by atoms with Crippen LogP contribution < -0.4 is 0 Å². The first-order chi connectivity index (χ1) is 10.4. The lowest BCUT2D eigenvalue weighted by atomic mass is 10.0. The zero-order valence-electron chi connectivity index (χ0n) is 12.9. The van der Waals surface area contributed by atoms with Gasteiger partial charge in [0.25, 0.3) is 0 Å². The number of rotatable bonds is 5. The first-order valence-corrected chi connectivity index (χ1v) is 7.14. The second kappa shape index (κ2) is 6.09. The lowest BCUT2D eigenvalue weighted by Gasteiger charge is -2.15. The van der Waals surface area contributed by atoms with Crippen molar-refractivity contribution in [1.82, 2.24) is 9.80 Å². The summed E-state index contributed by atoms with van der Waals surface area (Å²) >= 11 is 0. The molecule has 4 amide bonds. The van der Waals surface area contributed by atoms with Gasteiger partial charge in [0.2, 0.25) is 0 Å². The number of nitrogens with zero attached hydrogens (tertiary/aromatic N) is 2. The summed E-state index contributed by atoms with van der Waals surface area (Å²) in [5.74, 6) is -2.15. The number of urea groups is 1. The molecule has 0 spiro atoms. The molecule has 1 aromatic rings. The lowest BCUT2D eigenvalue weighted by molar-refractivity contribution is -0.143. The molecule has 6 heteroatoms. The SMILES string of the molecule is CCCN1C(=O)C(=O)N(CC(=O)c2cc(C)ccc2C)C1=O. The fourth-order valence-electron chi connectivity index (χ4n) is 2.38. The Hall–Kier alpha value is -2.50. The maximum Gasteiger partial charge on any atom is 0.334 e. The van der Waals surface area contributed by atoms with Crippen LogP contribution in [0.25, 0.3) is 0 Å². The van der Waals surface area contributed by atoms with Gasteiger partial charge in [-0.2, -0.15) is 0 Å². The van der Waals surface area contributed by atoms with E-state index in [-0.39, 0.29) is 12.3 Å². The van der Waals surface area contributed by atoms with E-state index in [0.29, 0.717) is 12.0 Å². The standard InChI is InChI=1S/C16H18N2O4/c1-4-7-17-14(20)15(21)18(16(17)22)9-13(19)12-8-10(2)5-6-11(12)3/h5-6,8H,4,7,9H2,1-3H3. The summed E-state index contributed by atoms with van der Waals surface area (Å²) in [6.45, 7) is 5.21. The molecule has 0 saturated carbocycles. The molecular weight excluding hydrogens is 284 g/mol. The van der Waals surface area contributed by atoms with E-state index >= 15 is 0 Å². The Labute approximate surface area is 128 Å². The minimum atomic E-state index is -0.933. The Kier molecular flexibility index (Phi) is 4.40.